The molecule has 0 aromatic carbocycles. The van der Waals surface area contributed by atoms with E-state index in [0.717, 1.165) is 32.6 Å². The second-order valence-electron chi connectivity index (χ2n) is 7.18. The predicted octanol–water partition coefficient (Wildman–Crippen LogP) is 3.25. The van der Waals surface area contributed by atoms with E-state index in [-0.39, 0.29) is 11.6 Å². The molecule has 120 valence electrons. The van der Waals surface area contributed by atoms with E-state index >= 15 is 0 Å². The Labute approximate surface area is 134 Å². The molecular formula is C17H31N3S. The summed E-state index contributed by atoms with van der Waals surface area (Å²) >= 11 is 1.87. The lowest BCUT2D eigenvalue weighted by Crippen LogP contribution is -2.55. The molecule has 2 N–H and O–H groups in total. The average Bonchev–Trinajstić information content (AvgIpc) is 2.85. The van der Waals surface area contributed by atoms with Gasteiger partial charge in [-0.25, -0.2) is 0 Å². The molecule has 2 atom stereocenters. The van der Waals surface area contributed by atoms with Crippen LogP contribution in [0.2, 0.25) is 0 Å². The molecule has 1 saturated heterocycles. The molecule has 1 fully saturated rings. The first-order chi connectivity index (χ1) is 9.84. The van der Waals surface area contributed by atoms with E-state index in [1.54, 1.807) is 0 Å². The van der Waals surface area contributed by atoms with Gasteiger partial charge in [-0.2, -0.15) is 0 Å². The van der Waals surface area contributed by atoms with Gasteiger partial charge in [0.15, 0.2) is 0 Å². The lowest BCUT2D eigenvalue weighted by Gasteiger charge is -2.45. The lowest BCUT2D eigenvalue weighted by molar-refractivity contribution is 0.0359. The number of aryl methyl sites for hydroxylation is 1. The number of hydrogen-bond acceptors (Lipinski definition) is 4. The fraction of sp³-hybridized carbons (Fsp3) is 0.765. The van der Waals surface area contributed by atoms with Crippen molar-refractivity contribution in [2.75, 3.05) is 26.2 Å². The molecule has 21 heavy (non-hydrogen) atoms. The van der Waals surface area contributed by atoms with E-state index in [4.69, 9.17) is 5.73 Å². The standard InChI is InChI=1S/C17H31N3S/c1-6-14(18)15(16-13(2)7-12-21-16)19-8-10-20(11-9-19)17(3,4)5/h7,12,14-15H,6,8-11,18H2,1-5H3. The Balaban J connectivity index is 2.12. The second-order valence-corrected chi connectivity index (χ2v) is 8.13. The summed E-state index contributed by atoms with van der Waals surface area (Å²) in [5.41, 5.74) is 8.15. The molecule has 0 bridgehead atoms. The Hall–Kier alpha value is -0.420. The first kappa shape index (κ1) is 16.9. The second kappa shape index (κ2) is 6.78. The maximum Gasteiger partial charge on any atom is 0.0596 e. The zero-order chi connectivity index (χ0) is 15.6. The van der Waals surface area contributed by atoms with Crippen LogP contribution in [0, 0.1) is 6.92 Å². The highest BCUT2D eigenvalue weighted by Crippen LogP contribution is 2.33. The van der Waals surface area contributed by atoms with Crippen molar-refractivity contribution in [2.24, 2.45) is 5.73 Å². The summed E-state index contributed by atoms with van der Waals surface area (Å²) in [7, 11) is 0. The smallest absolute Gasteiger partial charge is 0.0596 e. The molecule has 0 saturated carbocycles. The van der Waals surface area contributed by atoms with Crippen LogP contribution in [-0.4, -0.2) is 47.6 Å². The molecule has 2 unspecified atom stereocenters. The third kappa shape index (κ3) is 3.86. The summed E-state index contributed by atoms with van der Waals surface area (Å²) in [5.74, 6) is 0. The monoisotopic (exact) mass is 309 g/mol. The summed E-state index contributed by atoms with van der Waals surface area (Å²) < 4.78 is 0. The van der Waals surface area contributed by atoms with Crippen molar-refractivity contribution in [1.29, 1.82) is 0 Å². The normalized spacial score (nSPS) is 21.4. The Kier molecular flexibility index (Phi) is 5.47. The van der Waals surface area contributed by atoms with Crippen LogP contribution in [0.15, 0.2) is 11.4 Å². The van der Waals surface area contributed by atoms with Crippen LogP contribution in [0.1, 0.15) is 50.6 Å². The molecule has 0 amide bonds. The first-order valence-corrected chi connectivity index (χ1v) is 9.01. The van der Waals surface area contributed by atoms with Crippen LogP contribution in [0.5, 0.6) is 0 Å². The number of hydrogen-bond donors (Lipinski definition) is 1. The summed E-state index contributed by atoms with van der Waals surface area (Å²) in [6.45, 7) is 15.9. The first-order valence-electron chi connectivity index (χ1n) is 8.13. The van der Waals surface area contributed by atoms with Gasteiger partial charge < -0.3 is 5.73 Å². The highest BCUT2D eigenvalue weighted by molar-refractivity contribution is 7.10. The summed E-state index contributed by atoms with van der Waals surface area (Å²) in [6, 6.07) is 2.83. The van der Waals surface area contributed by atoms with Gasteiger partial charge in [0.25, 0.3) is 0 Å². The van der Waals surface area contributed by atoms with E-state index in [9.17, 15) is 0 Å². The molecule has 4 heteroatoms. The van der Waals surface area contributed by atoms with Gasteiger partial charge in [-0.05, 0) is 51.1 Å². The van der Waals surface area contributed by atoms with Crippen molar-refractivity contribution in [2.45, 2.75) is 58.7 Å². The Morgan fingerprint density at radius 2 is 1.86 bits per heavy atom. The van der Waals surface area contributed by atoms with Crippen molar-refractivity contribution in [3.05, 3.63) is 21.9 Å². The molecule has 0 spiro atoms. The van der Waals surface area contributed by atoms with Crippen LogP contribution in [-0.2, 0) is 0 Å². The van der Waals surface area contributed by atoms with Crippen LogP contribution < -0.4 is 5.73 Å². The largest absolute Gasteiger partial charge is 0.326 e. The van der Waals surface area contributed by atoms with Gasteiger partial charge in [0.1, 0.15) is 0 Å². The van der Waals surface area contributed by atoms with E-state index in [1.165, 1.54) is 10.4 Å². The van der Waals surface area contributed by atoms with Crippen molar-refractivity contribution in [3.8, 4) is 0 Å². The van der Waals surface area contributed by atoms with Crippen molar-refractivity contribution < 1.29 is 0 Å². The van der Waals surface area contributed by atoms with Gasteiger partial charge in [0.2, 0.25) is 0 Å². The Bertz CT molecular complexity index is 441. The lowest BCUT2D eigenvalue weighted by atomic mass is 9.98. The fourth-order valence-corrected chi connectivity index (χ4v) is 4.35. The Morgan fingerprint density at radius 3 is 2.29 bits per heavy atom. The number of rotatable bonds is 4. The average molecular weight is 310 g/mol. The van der Waals surface area contributed by atoms with Crippen molar-refractivity contribution >= 4 is 11.3 Å². The number of piperazine rings is 1. The predicted molar refractivity (Wildman–Crippen MR) is 93.0 cm³/mol. The minimum Gasteiger partial charge on any atom is -0.326 e. The van der Waals surface area contributed by atoms with Gasteiger partial charge in [-0.15, -0.1) is 11.3 Å². The molecule has 2 heterocycles. The zero-order valence-electron chi connectivity index (χ0n) is 14.2. The topological polar surface area (TPSA) is 32.5 Å². The van der Waals surface area contributed by atoms with E-state index in [2.05, 4.69) is 55.9 Å². The van der Waals surface area contributed by atoms with Gasteiger partial charge in [0.05, 0.1) is 6.04 Å². The quantitative estimate of drug-likeness (QED) is 0.926. The molecule has 1 aromatic heterocycles. The van der Waals surface area contributed by atoms with Gasteiger partial charge in [-0.3, -0.25) is 9.80 Å². The SMILES string of the molecule is CCC(N)C(c1sccc1C)N1CCN(C(C)(C)C)CC1. The number of nitrogens with zero attached hydrogens (tertiary/aromatic N) is 2. The van der Waals surface area contributed by atoms with E-state index in [1.807, 2.05) is 11.3 Å². The molecule has 2 rings (SSSR count). The van der Waals surface area contributed by atoms with Crippen LogP contribution in [0.3, 0.4) is 0 Å². The van der Waals surface area contributed by atoms with Crippen molar-refractivity contribution in [1.82, 2.24) is 9.80 Å². The molecule has 1 aliphatic rings. The summed E-state index contributed by atoms with van der Waals surface area (Å²) in [4.78, 5) is 6.66. The van der Waals surface area contributed by atoms with Gasteiger partial charge in [0, 0.05) is 42.6 Å². The highest BCUT2D eigenvalue weighted by atomic mass is 32.1. The third-order valence-corrected chi connectivity index (χ3v) is 5.79. The summed E-state index contributed by atoms with van der Waals surface area (Å²) in [6.07, 6.45) is 1.03. The highest BCUT2D eigenvalue weighted by Gasteiger charge is 2.33. The summed E-state index contributed by atoms with van der Waals surface area (Å²) in [5, 5.41) is 2.20. The minimum atomic E-state index is 0.225. The minimum absolute atomic E-state index is 0.225. The van der Waals surface area contributed by atoms with E-state index < -0.39 is 0 Å². The van der Waals surface area contributed by atoms with Gasteiger partial charge in [-0.1, -0.05) is 6.92 Å². The van der Waals surface area contributed by atoms with Gasteiger partial charge >= 0.3 is 0 Å². The number of thiophene rings is 1. The van der Waals surface area contributed by atoms with Crippen molar-refractivity contribution in [3.63, 3.8) is 0 Å². The molecule has 3 nitrogen and oxygen atoms in total. The number of nitrogens with two attached hydrogens (primary N) is 1. The van der Waals surface area contributed by atoms with Crippen LogP contribution in [0.4, 0.5) is 0 Å². The third-order valence-electron chi connectivity index (χ3n) is 4.70. The van der Waals surface area contributed by atoms with Crippen LogP contribution >= 0.6 is 11.3 Å². The molecule has 1 aromatic rings. The molecule has 0 radical (unpaired) electrons. The van der Waals surface area contributed by atoms with E-state index in [0.29, 0.717) is 6.04 Å². The zero-order valence-corrected chi connectivity index (χ0v) is 15.0. The maximum atomic E-state index is 6.48. The fourth-order valence-electron chi connectivity index (χ4n) is 3.21. The Morgan fingerprint density at radius 1 is 1.24 bits per heavy atom. The molecule has 0 aliphatic carbocycles. The maximum absolute atomic E-state index is 6.48. The van der Waals surface area contributed by atoms with Crippen LogP contribution in [0.25, 0.3) is 0 Å². The molecule has 1 aliphatic heterocycles. The molecular weight excluding hydrogens is 278 g/mol.